The third-order valence-corrected chi connectivity index (χ3v) is 4.20. The molecule has 24 heavy (non-hydrogen) atoms. The molecule has 124 valence electrons. The first-order valence-corrected chi connectivity index (χ1v) is 8.33. The smallest absolute Gasteiger partial charge is 0.220 e. The number of ketones is 1. The third-order valence-electron chi connectivity index (χ3n) is 4.20. The summed E-state index contributed by atoms with van der Waals surface area (Å²) in [5, 5.41) is 3.06. The first kappa shape index (κ1) is 16.2. The van der Waals surface area contributed by atoms with Gasteiger partial charge in [-0.25, -0.2) is 0 Å². The number of Topliss-reactive ketones (excluding diaryl/α,β-unsaturated/α-hetero) is 1. The van der Waals surface area contributed by atoms with Crippen LogP contribution in [0.15, 0.2) is 54.6 Å². The van der Waals surface area contributed by atoms with Gasteiger partial charge in [-0.1, -0.05) is 48.5 Å². The number of carbonyl (C=O) groups is 2. The zero-order valence-corrected chi connectivity index (χ0v) is 13.5. The maximum Gasteiger partial charge on any atom is 0.220 e. The quantitative estimate of drug-likeness (QED) is 0.825. The average Bonchev–Trinajstić information content (AvgIpc) is 2.63. The lowest BCUT2D eigenvalue weighted by molar-refractivity contribution is -0.122. The van der Waals surface area contributed by atoms with E-state index in [9.17, 15) is 9.59 Å². The number of hydrogen-bond acceptors (Lipinski definition) is 3. The predicted molar refractivity (Wildman–Crippen MR) is 92.1 cm³/mol. The van der Waals surface area contributed by atoms with Crippen molar-refractivity contribution in [3.05, 3.63) is 65.7 Å². The molecule has 0 radical (unpaired) electrons. The predicted octanol–water partition coefficient (Wildman–Crippen LogP) is 3.68. The Bertz CT molecular complexity index is 712. The van der Waals surface area contributed by atoms with E-state index in [0.717, 1.165) is 17.7 Å². The van der Waals surface area contributed by atoms with Gasteiger partial charge in [0.05, 0.1) is 12.6 Å². The van der Waals surface area contributed by atoms with Gasteiger partial charge >= 0.3 is 0 Å². The molecule has 1 atom stereocenters. The molecule has 0 bridgehead atoms. The Morgan fingerprint density at radius 2 is 1.75 bits per heavy atom. The average molecular weight is 323 g/mol. The second-order valence-corrected chi connectivity index (χ2v) is 5.94. The summed E-state index contributed by atoms with van der Waals surface area (Å²) >= 11 is 0. The van der Waals surface area contributed by atoms with E-state index < -0.39 is 0 Å². The summed E-state index contributed by atoms with van der Waals surface area (Å²) in [6, 6.07) is 17.0. The summed E-state index contributed by atoms with van der Waals surface area (Å²) in [7, 11) is 0. The van der Waals surface area contributed by atoms with Gasteiger partial charge in [0.25, 0.3) is 0 Å². The molecule has 1 aliphatic heterocycles. The standard InChI is InChI=1S/C20H21NO3/c22-18(15-7-2-1-3-8-15)10-6-12-20(23)21-17-13-14-24-19-11-5-4-9-16(17)19/h1-5,7-9,11,17H,6,10,12-14H2,(H,21,23). The number of benzene rings is 2. The molecular formula is C20H21NO3. The summed E-state index contributed by atoms with van der Waals surface area (Å²) in [6.45, 7) is 0.606. The largest absolute Gasteiger partial charge is 0.493 e. The summed E-state index contributed by atoms with van der Waals surface area (Å²) in [4.78, 5) is 24.2. The molecule has 0 saturated carbocycles. The summed E-state index contributed by atoms with van der Waals surface area (Å²) in [6.07, 6.45) is 2.08. The molecule has 0 fully saturated rings. The molecule has 1 amide bonds. The maximum atomic E-state index is 12.2. The van der Waals surface area contributed by atoms with Crippen LogP contribution in [0, 0.1) is 0 Å². The van der Waals surface area contributed by atoms with Gasteiger partial charge in [0, 0.05) is 30.4 Å². The van der Waals surface area contributed by atoms with Gasteiger partial charge in [-0.15, -0.1) is 0 Å². The Morgan fingerprint density at radius 1 is 1.00 bits per heavy atom. The normalized spacial score (nSPS) is 15.9. The van der Waals surface area contributed by atoms with E-state index in [1.165, 1.54) is 0 Å². The second kappa shape index (κ2) is 7.77. The molecule has 2 aromatic carbocycles. The van der Waals surface area contributed by atoms with Crippen molar-refractivity contribution in [1.29, 1.82) is 0 Å². The number of rotatable bonds is 6. The molecule has 1 N–H and O–H groups in total. The van der Waals surface area contributed by atoms with Crippen molar-refractivity contribution in [1.82, 2.24) is 5.32 Å². The summed E-state index contributed by atoms with van der Waals surface area (Å²) < 4.78 is 5.60. The Labute approximate surface area is 141 Å². The lowest BCUT2D eigenvalue weighted by Crippen LogP contribution is -2.32. The van der Waals surface area contributed by atoms with Crippen molar-refractivity contribution in [2.45, 2.75) is 31.7 Å². The molecule has 2 aromatic rings. The Kier molecular flexibility index (Phi) is 5.26. The summed E-state index contributed by atoms with van der Waals surface area (Å²) in [5.74, 6) is 0.908. The minimum atomic E-state index is -0.0161. The van der Waals surface area contributed by atoms with Crippen LogP contribution in [0.2, 0.25) is 0 Å². The molecule has 0 saturated heterocycles. The van der Waals surface area contributed by atoms with Gasteiger partial charge in [0.1, 0.15) is 5.75 Å². The van der Waals surface area contributed by atoms with E-state index in [-0.39, 0.29) is 17.7 Å². The van der Waals surface area contributed by atoms with E-state index in [1.54, 1.807) is 12.1 Å². The fourth-order valence-corrected chi connectivity index (χ4v) is 2.94. The van der Waals surface area contributed by atoms with Gasteiger partial charge in [0.15, 0.2) is 5.78 Å². The fourth-order valence-electron chi connectivity index (χ4n) is 2.94. The zero-order chi connectivity index (χ0) is 16.8. The van der Waals surface area contributed by atoms with Crippen molar-refractivity contribution in [3.8, 4) is 5.75 Å². The van der Waals surface area contributed by atoms with Crippen molar-refractivity contribution in [2.24, 2.45) is 0 Å². The number of nitrogens with one attached hydrogen (secondary N) is 1. The van der Waals surface area contributed by atoms with E-state index in [0.29, 0.717) is 31.4 Å². The Morgan fingerprint density at radius 3 is 2.58 bits per heavy atom. The first-order valence-electron chi connectivity index (χ1n) is 8.33. The van der Waals surface area contributed by atoms with Crippen LogP contribution in [0.25, 0.3) is 0 Å². The van der Waals surface area contributed by atoms with E-state index in [1.807, 2.05) is 42.5 Å². The van der Waals surface area contributed by atoms with Gasteiger partial charge in [-0.3, -0.25) is 9.59 Å². The number of ether oxygens (including phenoxy) is 1. The lowest BCUT2D eigenvalue weighted by Gasteiger charge is -2.26. The van der Waals surface area contributed by atoms with Crippen LogP contribution in [0.3, 0.4) is 0 Å². The number of amides is 1. The van der Waals surface area contributed by atoms with Crippen molar-refractivity contribution < 1.29 is 14.3 Å². The Hall–Kier alpha value is -2.62. The van der Waals surface area contributed by atoms with Crippen molar-refractivity contribution >= 4 is 11.7 Å². The minimum Gasteiger partial charge on any atom is -0.493 e. The number of fused-ring (bicyclic) bond motifs is 1. The van der Waals surface area contributed by atoms with E-state index >= 15 is 0 Å². The van der Waals surface area contributed by atoms with Crippen molar-refractivity contribution in [2.75, 3.05) is 6.61 Å². The topological polar surface area (TPSA) is 55.4 Å². The number of para-hydroxylation sites is 1. The second-order valence-electron chi connectivity index (χ2n) is 5.94. The highest BCUT2D eigenvalue weighted by Gasteiger charge is 2.22. The maximum absolute atomic E-state index is 12.2. The number of hydrogen-bond donors (Lipinski definition) is 1. The fraction of sp³-hybridized carbons (Fsp3) is 0.300. The van der Waals surface area contributed by atoms with Gasteiger partial charge in [-0.2, -0.15) is 0 Å². The molecule has 0 spiro atoms. The molecule has 0 aliphatic carbocycles. The highest BCUT2D eigenvalue weighted by Crippen LogP contribution is 2.31. The van der Waals surface area contributed by atoms with Crippen molar-refractivity contribution in [3.63, 3.8) is 0 Å². The first-order chi connectivity index (χ1) is 11.7. The molecule has 1 heterocycles. The molecule has 3 rings (SSSR count). The molecule has 4 nitrogen and oxygen atoms in total. The molecule has 4 heteroatoms. The summed E-state index contributed by atoms with van der Waals surface area (Å²) in [5.41, 5.74) is 1.73. The monoisotopic (exact) mass is 323 g/mol. The van der Waals surface area contributed by atoms with E-state index in [4.69, 9.17) is 4.74 Å². The zero-order valence-electron chi connectivity index (χ0n) is 13.5. The molecular weight excluding hydrogens is 302 g/mol. The lowest BCUT2D eigenvalue weighted by atomic mass is 10.00. The van der Waals surface area contributed by atoms with Gasteiger partial charge in [0.2, 0.25) is 5.91 Å². The van der Waals surface area contributed by atoms with Gasteiger partial charge < -0.3 is 10.1 Å². The molecule has 0 aromatic heterocycles. The molecule has 1 aliphatic rings. The van der Waals surface area contributed by atoms with Crippen LogP contribution in [0.5, 0.6) is 5.75 Å². The highest BCUT2D eigenvalue weighted by atomic mass is 16.5. The van der Waals surface area contributed by atoms with Gasteiger partial charge in [-0.05, 0) is 12.5 Å². The highest BCUT2D eigenvalue weighted by molar-refractivity contribution is 5.96. The SMILES string of the molecule is O=C(CCCC(=O)c1ccccc1)NC1CCOc2ccccc21. The van der Waals surface area contributed by atoms with Crippen LogP contribution < -0.4 is 10.1 Å². The van der Waals surface area contributed by atoms with E-state index in [2.05, 4.69) is 5.32 Å². The van der Waals surface area contributed by atoms with Crippen LogP contribution in [-0.4, -0.2) is 18.3 Å². The van der Waals surface area contributed by atoms with Crippen LogP contribution in [0.4, 0.5) is 0 Å². The van der Waals surface area contributed by atoms with Crippen LogP contribution >= 0.6 is 0 Å². The number of carbonyl (C=O) groups excluding carboxylic acids is 2. The van der Waals surface area contributed by atoms with Crippen LogP contribution in [-0.2, 0) is 4.79 Å². The van der Waals surface area contributed by atoms with Crippen LogP contribution in [0.1, 0.15) is 47.6 Å². The minimum absolute atomic E-state index is 0.00715. The Balaban J connectivity index is 1.48. The third kappa shape index (κ3) is 4.02. The molecule has 1 unspecified atom stereocenters.